The largest absolute Gasteiger partial charge is 0.378 e. The Hall–Kier alpha value is -2.77. The van der Waals surface area contributed by atoms with Gasteiger partial charge in [-0.1, -0.05) is 30.3 Å². The molecule has 1 fully saturated rings. The minimum Gasteiger partial charge on any atom is -0.378 e. The molecule has 2 aromatic carbocycles. The maximum atomic E-state index is 12.7. The van der Waals surface area contributed by atoms with Crippen molar-refractivity contribution in [2.24, 2.45) is 0 Å². The highest BCUT2D eigenvalue weighted by Gasteiger charge is 2.19. The van der Waals surface area contributed by atoms with E-state index in [2.05, 4.69) is 5.32 Å². The van der Waals surface area contributed by atoms with Crippen LogP contribution in [-0.2, 0) is 20.9 Å². The van der Waals surface area contributed by atoms with E-state index in [0.29, 0.717) is 32.1 Å². The van der Waals surface area contributed by atoms with Crippen LogP contribution in [0.4, 0.5) is 5.69 Å². The number of para-hydroxylation sites is 1. The summed E-state index contributed by atoms with van der Waals surface area (Å²) >= 11 is 1.49. The van der Waals surface area contributed by atoms with Crippen molar-refractivity contribution in [3.05, 3.63) is 59.8 Å². The Morgan fingerprint density at radius 3 is 2.68 bits per heavy atom. The maximum absolute atomic E-state index is 12.7. The van der Waals surface area contributed by atoms with Crippen molar-refractivity contribution in [3.8, 4) is 0 Å². The topological polar surface area (TPSA) is 63.6 Å². The first-order valence-electron chi connectivity index (χ1n) is 10.4. The standard InChI is InChI=1S/C24H27N3O3S/c1-17-7-8-18(2)20(13-17)25-23(28)16-31-22-14-27(21-6-4-3-5-19(21)22)15-24(29)26-9-11-30-12-10-26/h3-8,13-14H,9-12,15-16H2,1-2H3,(H,25,28). The van der Waals surface area contributed by atoms with E-state index in [0.717, 1.165) is 32.6 Å². The van der Waals surface area contributed by atoms with E-state index in [-0.39, 0.29) is 18.4 Å². The summed E-state index contributed by atoms with van der Waals surface area (Å²) in [5.74, 6) is 0.354. The van der Waals surface area contributed by atoms with Gasteiger partial charge in [-0.25, -0.2) is 0 Å². The molecule has 2 amide bonds. The summed E-state index contributed by atoms with van der Waals surface area (Å²) in [7, 11) is 0. The van der Waals surface area contributed by atoms with Gasteiger partial charge in [-0.3, -0.25) is 9.59 Å². The molecule has 7 heteroatoms. The molecule has 1 saturated heterocycles. The lowest BCUT2D eigenvalue weighted by Gasteiger charge is -2.27. The molecule has 0 saturated carbocycles. The molecule has 0 spiro atoms. The maximum Gasteiger partial charge on any atom is 0.242 e. The number of carbonyl (C=O) groups excluding carboxylic acids is 2. The highest BCUT2D eigenvalue weighted by Crippen LogP contribution is 2.30. The highest BCUT2D eigenvalue weighted by molar-refractivity contribution is 8.00. The summed E-state index contributed by atoms with van der Waals surface area (Å²) in [4.78, 5) is 28.1. The van der Waals surface area contributed by atoms with Gasteiger partial charge in [0.05, 0.1) is 19.0 Å². The molecule has 1 aromatic heterocycles. The predicted octanol–water partition coefficient (Wildman–Crippen LogP) is 3.85. The number of aromatic nitrogens is 1. The molecule has 31 heavy (non-hydrogen) atoms. The van der Waals surface area contributed by atoms with Crippen LogP contribution in [-0.4, -0.2) is 53.3 Å². The smallest absolute Gasteiger partial charge is 0.242 e. The van der Waals surface area contributed by atoms with Crippen LogP contribution < -0.4 is 5.32 Å². The van der Waals surface area contributed by atoms with Gasteiger partial charge < -0.3 is 19.5 Å². The summed E-state index contributed by atoms with van der Waals surface area (Å²) in [6.45, 7) is 6.74. The Labute approximate surface area is 186 Å². The summed E-state index contributed by atoms with van der Waals surface area (Å²) in [5, 5.41) is 4.07. The molecule has 0 radical (unpaired) electrons. The lowest BCUT2D eigenvalue weighted by atomic mass is 10.1. The van der Waals surface area contributed by atoms with Crippen molar-refractivity contribution in [3.63, 3.8) is 0 Å². The summed E-state index contributed by atoms with van der Waals surface area (Å²) in [6, 6.07) is 14.0. The molecule has 6 nitrogen and oxygen atoms in total. The van der Waals surface area contributed by atoms with Crippen LogP contribution in [0.2, 0.25) is 0 Å². The SMILES string of the molecule is Cc1ccc(C)c(NC(=O)CSc2cn(CC(=O)N3CCOCC3)c3ccccc23)c1. The van der Waals surface area contributed by atoms with E-state index < -0.39 is 0 Å². The van der Waals surface area contributed by atoms with E-state index >= 15 is 0 Å². The van der Waals surface area contributed by atoms with Gasteiger partial charge in [-0.05, 0) is 37.1 Å². The molecule has 0 atom stereocenters. The van der Waals surface area contributed by atoms with Crippen LogP contribution >= 0.6 is 11.8 Å². The zero-order valence-corrected chi connectivity index (χ0v) is 18.7. The number of nitrogens with one attached hydrogen (secondary N) is 1. The highest BCUT2D eigenvalue weighted by atomic mass is 32.2. The number of hydrogen-bond donors (Lipinski definition) is 1. The quantitative estimate of drug-likeness (QED) is 0.595. The normalized spacial score (nSPS) is 14.1. The number of ether oxygens (including phenoxy) is 1. The third kappa shape index (κ3) is 5.11. The number of thioether (sulfide) groups is 1. The molecule has 1 N–H and O–H groups in total. The number of anilines is 1. The molecule has 162 valence electrons. The van der Waals surface area contributed by atoms with Gasteiger partial charge in [-0.15, -0.1) is 11.8 Å². The van der Waals surface area contributed by atoms with Crippen molar-refractivity contribution in [1.29, 1.82) is 0 Å². The number of nitrogens with zero attached hydrogens (tertiary/aromatic N) is 2. The van der Waals surface area contributed by atoms with Crippen molar-refractivity contribution in [2.75, 3.05) is 37.4 Å². The van der Waals surface area contributed by atoms with E-state index in [9.17, 15) is 9.59 Å². The monoisotopic (exact) mass is 437 g/mol. The molecule has 3 aromatic rings. The van der Waals surface area contributed by atoms with E-state index in [1.54, 1.807) is 0 Å². The summed E-state index contributed by atoms with van der Waals surface area (Å²) in [5.41, 5.74) is 4.01. The summed E-state index contributed by atoms with van der Waals surface area (Å²) < 4.78 is 7.33. The van der Waals surface area contributed by atoms with Crippen LogP contribution in [0, 0.1) is 13.8 Å². The third-order valence-electron chi connectivity index (χ3n) is 5.45. The van der Waals surface area contributed by atoms with Gasteiger partial charge in [0, 0.05) is 40.8 Å². The fraction of sp³-hybridized carbons (Fsp3) is 0.333. The number of rotatable bonds is 6. The number of benzene rings is 2. The summed E-state index contributed by atoms with van der Waals surface area (Å²) in [6.07, 6.45) is 1.98. The van der Waals surface area contributed by atoms with Gasteiger partial charge in [0.1, 0.15) is 6.54 Å². The number of fused-ring (bicyclic) bond motifs is 1. The zero-order chi connectivity index (χ0) is 21.8. The third-order valence-corrected chi connectivity index (χ3v) is 6.49. The van der Waals surface area contributed by atoms with Gasteiger partial charge in [-0.2, -0.15) is 0 Å². The molecule has 2 heterocycles. The fourth-order valence-electron chi connectivity index (χ4n) is 3.72. The Balaban J connectivity index is 1.46. The Kier molecular flexibility index (Phi) is 6.63. The van der Waals surface area contributed by atoms with Crippen LogP contribution in [0.1, 0.15) is 11.1 Å². The first-order valence-corrected chi connectivity index (χ1v) is 11.4. The number of carbonyl (C=O) groups is 2. The molecule has 4 rings (SSSR count). The minimum atomic E-state index is -0.0417. The second-order valence-electron chi connectivity index (χ2n) is 7.79. The fourth-order valence-corrected chi connectivity index (χ4v) is 4.61. The number of aryl methyl sites for hydroxylation is 2. The number of amides is 2. The molecule has 1 aliphatic rings. The number of hydrogen-bond acceptors (Lipinski definition) is 4. The molecular formula is C24H27N3O3S. The molecule has 0 aliphatic carbocycles. The number of morpholine rings is 1. The van der Waals surface area contributed by atoms with E-state index in [1.165, 1.54) is 11.8 Å². The van der Waals surface area contributed by atoms with E-state index in [4.69, 9.17) is 4.74 Å². The van der Waals surface area contributed by atoms with Gasteiger partial charge in [0.2, 0.25) is 11.8 Å². The first kappa shape index (κ1) is 21.5. The Bertz CT molecular complexity index is 1100. The Morgan fingerprint density at radius 1 is 1.10 bits per heavy atom. The zero-order valence-electron chi connectivity index (χ0n) is 17.9. The second-order valence-corrected chi connectivity index (χ2v) is 8.80. The molecule has 1 aliphatic heterocycles. The van der Waals surface area contributed by atoms with Crippen molar-refractivity contribution in [2.45, 2.75) is 25.3 Å². The average molecular weight is 438 g/mol. The predicted molar refractivity (Wildman–Crippen MR) is 125 cm³/mol. The van der Waals surface area contributed by atoms with Crippen molar-refractivity contribution >= 4 is 40.2 Å². The second kappa shape index (κ2) is 9.58. The van der Waals surface area contributed by atoms with Crippen LogP contribution in [0.3, 0.4) is 0 Å². The van der Waals surface area contributed by atoms with E-state index in [1.807, 2.05) is 72.0 Å². The van der Waals surface area contributed by atoms with Crippen LogP contribution in [0.25, 0.3) is 10.9 Å². The average Bonchev–Trinajstić information content (AvgIpc) is 3.13. The molecular weight excluding hydrogens is 410 g/mol. The van der Waals surface area contributed by atoms with Gasteiger partial charge in [0.15, 0.2) is 0 Å². The van der Waals surface area contributed by atoms with Crippen molar-refractivity contribution < 1.29 is 14.3 Å². The molecule has 0 unspecified atom stereocenters. The lowest BCUT2D eigenvalue weighted by molar-refractivity contribution is -0.135. The Morgan fingerprint density at radius 2 is 1.87 bits per heavy atom. The van der Waals surface area contributed by atoms with Crippen LogP contribution in [0.5, 0.6) is 0 Å². The lowest BCUT2D eigenvalue weighted by Crippen LogP contribution is -2.42. The first-order chi connectivity index (χ1) is 15.0. The van der Waals surface area contributed by atoms with Crippen LogP contribution in [0.15, 0.2) is 53.6 Å². The minimum absolute atomic E-state index is 0.0417. The van der Waals surface area contributed by atoms with Gasteiger partial charge in [0.25, 0.3) is 0 Å². The van der Waals surface area contributed by atoms with Crippen molar-refractivity contribution in [1.82, 2.24) is 9.47 Å². The molecule has 0 bridgehead atoms. The van der Waals surface area contributed by atoms with Gasteiger partial charge >= 0.3 is 0 Å².